The molecule has 0 aliphatic carbocycles. The van der Waals surface area contributed by atoms with Gasteiger partial charge < -0.3 is 5.32 Å². The summed E-state index contributed by atoms with van der Waals surface area (Å²) in [4.78, 5) is 28.6. The molecule has 0 aliphatic heterocycles. The summed E-state index contributed by atoms with van der Waals surface area (Å²) in [5.41, 5.74) is 1.67. The summed E-state index contributed by atoms with van der Waals surface area (Å²) < 4.78 is 1.62. The number of nitrogens with one attached hydrogen (secondary N) is 1. The highest BCUT2D eigenvalue weighted by Crippen LogP contribution is 2.23. The summed E-state index contributed by atoms with van der Waals surface area (Å²) in [6, 6.07) is 14.9. The zero-order valence-electron chi connectivity index (χ0n) is 14.2. The lowest BCUT2D eigenvalue weighted by atomic mass is 10.2. The molecule has 0 atom stereocenters. The summed E-state index contributed by atoms with van der Waals surface area (Å²) in [7, 11) is 0. The fraction of sp³-hybridized carbons (Fsp3) is 0.211. The van der Waals surface area contributed by atoms with Gasteiger partial charge in [0.15, 0.2) is 5.16 Å². The second-order valence-electron chi connectivity index (χ2n) is 5.77. The Morgan fingerprint density at radius 3 is 2.65 bits per heavy atom. The molecule has 1 N–H and O–H groups in total. The van der Waals surface area contributed by atoms with Crippen LogP contribution in [0.15, 0.2) is 58.5 Å². The van der Waals surface area contributed by atoms with Crippen molar-refractivity contribution in [2.75, 3.05) is 6.54 Å². The van der Waals surface area contributed by atoms with E-state index in [2.05, 4.69) is 10.3 Å². The van der Waals surface area contributed by atoms with Crippen molar-refractivity contribution < 1.29 is 4.79 Å². The monoisotopic (exact) mass is 387 g/mol. The fourth-order valence-electron chi connectivity index (χ4n) is 2.53. The number of fused-ring (bicyclic) bond motifs is 1. The highest BCUT2D eigenvalue weighted by atomic mass is 35.5. The SMILES string of the molecule is CC(=O)NCCn1c(SCc2ccc(Cl)cc2)nc2ccccc2c1=O. The predicted molar refractivity (Wildman–Crippen MR) is 106 cm³/mol. The molecule has 1 heterocycles. The molecule has 0 spiro atoms. The van der Waals surface area contributed by atoms with Gasteiger partial charge >= 0.3 is 0 Å². The van der Waals surface area contributed by atoms with E-state index in [1.165, 1.54) is 18.7 Å². The van der Waals surface area contributed by atoms with Crippen LogP contribution in [0.3, 0.4) is 0 Å². The van der Waals surface area contributed by atoms with Crippen molar-refractivity contribution in [2.24, 2.45) is 0 Å². The van der Waals surface area contributed by atoms with Crippen LogP contribution >= 0.6 is 23.4 Å². The van der Waals surface area contributed by atoms with Gasteiger partial charge in [0.2, 0.25) is 5.91 Å². The Bertz CT molecular complexity index is 986. The molecule has 7 heteroatoms. The third kappa shape index (κ3) is 4.45. The number of carbonyl (C=O) groups excluding carboxylic acids is 1. The van der Waals surface area contributed by atoms with E-state index in [1.807, 2.05) is 42.5 Å². The molecule has 5 nitrogen and oxygen atoms in total. The van der Waals surface area contributed by atoms with Crippen LogP contribution in [0.2, 0.25) is 5.02 Å². The highest BCUT2D eigenvalue weighted by molar-refractivity contribution is 7.98. The first kappa shape index (κ1) is 18.5. The van der Waals surface area contributed by atoms with Crippen LogP contribution in [-0.4, -0.2) is 22.0 Å². The Hall–Kier alpha value is -2.31. The number of rotatable bonds is 6. The number of amides is 1. The second-order valence-corrected chi connectivity index (χ2v) is 7.15. The van der Waals surface area contributed by atoms with Gasteiger partial charge in [0, 0.05) is 30.8 Å². The normalized spacial score (nSPS) is 10.8. The Morgan fingerprint density at radius 1 is 1.19 bits per heavy atom. The average molecular weight is 388 g/mol. The van der Waals surface area contributed by atoms with E-state index < -0.39 is 0 Å². The van der Waals surface area contributed by atoms with Crippen molar-refractivity contribution in [2.45, 2.75) is 24.4 Å². The third-order valence-electron chi connectivity index (χ3n) is 3.82. The standard InChI is InChI=1S/C19H18ClN3O2S/c1-13(24)21-10-11-23-18(25)16-4-2-3-5-17(16)22-19(23)26-12-14-6-8-15(20)9-7-14/h2-9H,10-12H2,1H3,(H,21,24). The van der Waals surface area contributed by atoms with Gasteiger partial charge in [-0.2, -0.15) is 0 Å². The third-order valence-corrected chi connectivity index (χ3v) is 5.12. The van der Waals surface area contributed by atoms with Crippen molar-refractivity contribution in [1.82, 2.24) is 14.9 Å². The van der Waals surface area contributed by atoms with Crippen LogP contribution in [-0.2, 0) is 17.1 Å². The maximum atomic E-state index is 12.9. The lowest BCUT2D eigenvalue weighted by molar-refractivity contribution is -0.118. The molecular formula is C19H18ClN3O2S. The van der Waals surface area contributed by atoms with E-state index in [-0.39, 0.29) is 11.5 Å². The largest absolute Gasteiger partial charge is 0.355 e. The maximum Gasteiger partial charge on any atom is 0.262 e. The number of thioether (sulfide) groups is 1. The molecule has 0 fully saturated rings. The molecule has 1 amide bonds. The van der Waals surface area contributed by atoms with Crippen LogP contribution in [0.1, 0.15) is 12.5 Å². The summed E-state index contributed by atoms with van der Waals surface area (Å²) in [6.07, 6.45) is 0. The maximum absolute atomic E-state index is 12.9. The average Bonchev–Trinajstić information content (AvgIpc) is 2.63. The summed E-state index contributed by atoms with van der Waals surface area (Å²) in [5.74, 6) is 0.546. The number of carbonyl (C=O) groups is 1. The van der Waals surface area contributed by atoms with Crippen molar-refractivity contribution in [3.8, 4) is 0 Å². The number of aromatic nitrogens is 2. The Labute approximate surface area is 160 Å². The van der Waals surface area contributed by atoms with E-state index in [0.717, 1.165) is 5.56 Å². The van der Waals surface area contributed by atoms with Gasteiger partial charge in [0.1, 0.15) is 0 Å². The smallest absolute Gasteiger partial charge is 0.262 e. The molecule has 134 valence electrons. The molecule has 0 saturated carbocycles. The molecular weight excluding hydrogens is 370 g/mol. The van der Waals surface area contributed by atoms with E-state index in [1.54, 1.807) is 10.6 Å². The van der Waals surface area contributed by atoms with Crippen LogP contribution in [0.25, 0.3) is 10.9 Å². The van der Waals surface area contributed by atoms with Gasteiger partial charge in [-0.1, -0.05) is 47.6 Å². The molecule has 1 aromatic heterocycles. The Balaban J connectivity index is 1.91. The van der Waals surface area contributed by atoms with Gasteiger partial charge in [-0.15, -0.1) is 0 Å². The van der Waals surface area contributed by atoms with Gasteiger partial charge in [-0.05, 0) is 29.8 Å². The number of nitrogens with zero attached hydrogens (tertiary/aromatic N) is 2. The quantitative estimate of drug-likeness (QED) is 0.519. The van der Waals surface area contributed by atoms with Crippen LogP contribution in [0, 0.1) is 0 Å². The molecule has 26 heavy (non-hydrogen) atoms. The minimum Gasteiger partial charge on any atom is -0.355 e. The molecule has 0 bridgehead atoms. The number of benzene rings is 2. The second kappa shape index (κ2) is 8.38. The lowest BCUT2D eigenvalue weighted by Crippen LogP contribution is -2.31. The summed E-state index contributed by atoms with van der Waals surface area (Å²) >= 11 is 7.41. The van der Waals surface area contributed by atoms with Gasteiger partial charge in [-0.25, -0.2) is 4.98 Å². The Morgan fingerprint density at radius 2 is 1.92 bits per heavy atom. The molecule has 2 aromatic carbocycles. The van der Waals surface area contributed by atoms with Gasteiger partial charge in [0.25, 0.3) is 5.56 Å². The van der Waals surface area contributed by atoms with Crippen LogP contribution in [0.5, 0.6) is 0 Å². The summed E-state index contributed by atoms with van der Waals surface area (Å²) in [6.45, 7) is 2.21. The first-order valence-corrected chi connectivity index (χ1v) is 9.52. The summed E-state index contributed by atoms with van der Waals surface area (Å²) in [5, 5.41) is 4.62. The van der Waals surface area contributed by atoms with Crippen LogP contribution in [0.4, 0.5) is 0 Å². The predicted octanol–water partition coefficient (Wildman–Crippen LogP) is 3.48. The van der Waals surface area contributed by atoms with E-state index in [9.17, 15) is 9.59 Å². The molecule has 0 radical (unpaired) electrons. The first-order chi connectivity index (χ1) is 12.5. The van der Waals surface area contributed by atoms with Crippen molar-refractivity contribution >= 4 is 40.2 Å². The number of hydrogen-bond acceptors (Lipinski definition) is 4. The molecule has 0 aliphatic rings. The van der Waals surface area contributed by atoms with Gasteiger partial charge in [0.05, 0.1) is 10.9 Å². The van der Waals surface area contributed by atoms with Crippen molar-refractivity contribution in [1.29, 1.82) is 0 Å². The molecule has 3 aromatic rings. The minimum absolute atomic E-state index is 0.0976. The number of para-hydroxylation sites is 1. The van der Waals surface area contributed by atoms with E-state index >= 15 is 0 Å². The minimum atomic E-state index is -0.123. The highest BCUT2D eigenvalue weighted by Gasteiger charge is 2.11. The zero-order chi connectivity index (χ0) is 18.5. The van der Waals surface area contributed by atoms with Crippen LogP contribution < -0.4 is 10.9 Å². The Kier molecular flexibility index (Phi) is 5.96. The number of hydrogen-bond donors (Lipinski definition) is 1. The topological polar surface area (TPSA) is 64.0 Å². The van der Waals surface area contributed by atoms with E-state index in [4.69, 9.17) is 11.6 Å². The zero-order valence-corrected chi connectivity index (χ0v) is 15.8. The van der Waals surface area contributed by atoms with E-state index in [0.29, 0.717) is 39.9 Å². The molecule has 0 unspecified atom stereocenters. The molecule has 3 rings (SSSR count). The van der Waals surface area contributed by atoms with Crippen molar-refractivity contribution in [3.63, 3.8) is 0 Å². The molecule has 0 saturated heterocycles. The number of halogens is 1. The fourth-order valence-corrected chi connectivity index (χ4v) is 3.63. The lowest BCUT2D eigenvalue weighted by Gasteiger charge is -2.13. The van der Waals surface area contributed by atoms with Gasteiger partial charge in [-0.3, -0.25) is 14.2 Å². The first-order valence-electron chi connectivity index (χ1n) is 8.16. The van der Waals surface area contributed by atoms with Crippen molar-refractivity contribution in [3.05, 3.63) is 69.5 Å².